The molecule has 2 aliphatic heterocycles. The minimum Gasteiger partial charge on any atom is -0.338 e. The van der Waals surface area contributed by atoms with Gasteiger partial charge in [0.05, 0.1) is 5.56 Å². The average Bonchev–Trinajstić information content (AvgIpc) is 2.99. The number of nitrogens with one attached hydrogen (secondary N) is 1. The van der Waals surface area contributed by atoms with Crippen molar-refractivity contribution in [3.63, 3.8) is 0 Å². The summed E-state index contributed by atoms with van der Waals surface area (Å²) in [5.41, 5.74) is 1.73. The van der Waals surface area contributed by atoms with Crippen LogP contribution in [-0.2, 0) is 0 Å². The molecule has 0 saturated carbocycles. The summed E-state index contributed by atoms with van der Waals surface area (Å²) in [6, 6.07) is 14.2. The molecule has 4 rings (SSSR count). The smallest absolute Gasteiger partial charge is 0.255 e. The predicted molar refractivity (Wildman–Crippen MR) is 96.7 cm³/mol. The molecule has 3 heterocycles. The van der Waals surface area contributed by atoms with E-state index in [9.17, 15) is 9.59 Å². The van der Waals surface area contributed by atoms with Gasteiger partial charge in [-0.15, -0.1) is 0 Å². The van der Waals surface area contributed by atoms with Crippen LogP contribution in [0, 0.1) is 5.92 Å². The summed E-state index contributed by atoms with van der Waals surface area (Å²) in [6.45, 7) is 2.58. The molecule has 5 nitrogen and oxygen atoms in total. The summed E-state index contributed by atoms with van der Waals surface area (Å²) in [6.07, 6.45) is 2.52. The van der Waals surface area contributed by atoms with Crippen molar-refractivity contribution in [1.29, 1.82) is 0 Å². The van der Waals surface area contributed by atoms with Gasteiger partial charge in [0.25, 0.3) is 5.91 Å². The minimum absolute atomic E-state index is 0.0102. The van der Waals surface area contributed by atoms with E-state index < -0.39 is 0 Å². The van der Waals surface area contributed by atoms with Crippen molar-refractivity contribution in [2.75, 3.05) is 26.7 Å². The molecule has 1 N–H and O–H groups in total. The lowest BCUT2D eigenvalue weighted by molar-refractivity contribution is 0.0607. The Morgan fingerprint density at radius 2 is 1.92 bits per heavy atom. The van der Waals surface area contributed by atoms with Gasteiger partial charge in [-0.05, 0) is 25.1 Å². The van der Waals surface area contributed by atoms with Gasteiger partial charge in [0, 0.05) is 49.8 Å². The molecule has 2 aromatic rings. The molecule has 130 valence electrons. The van der Waals surface area contributed by atoms with Crippen molar-refractivity contribution >= 4 is 5.91 Å². The number of hydrogen-bond acceptors (Lipinski definition) is 3. The van der Waals surface area contributed by atoms with Crippen molar-refractivity contribution in [2.45, 2.75) is 18.4 Å². The van der Waals surface area contributed by atoms with Crippen LogP contribution in [0.25, 0.3) is 0 Å². The Bertz CT molecular complexity index is 797. The maximum absolute atomic E-state index is 12.8. The number of H-pyrrole nitrogens is 1. The van der Waals surface area contributed by atoms with Crippen molar-refractivity contribution in [1.82, 2.24) is 14.8 Å². The number of nitrogens with zero attached hydrogens (tertiary/aromatic N) is 2. The van der Waals surface area contributed by atoms with E-state index in [0.717, 1.165) is 26.1 Å². The molecule has 5 heteroatoms. The van der Waals surface area contributed by atoms with Gasteiger partial charge in [-0.1, -0.05) is 30.3 Å². The second-order valence-electron chi connectivity index (χ2n) is 7.17. The van der Waals surface area contributed by atoms with Gasteiger partial charge >= 0.3 is 0 Å². The number of aromatic amines is 1. The first-order valence-electron chi connectivity index (χ1n) is 8.86. The lowest BCUT2D eigenvalue weighted by Crippen LogP contribution is -2.48. The summed E-state index contributed by atoms with van der Waals surface area (Å²) in [7, 11) is 2.19. The fourth-order valence-corrected chi connectivity index (χ4v) is 4.46. The van der Waals surface area contributed by atoms with Gasteiger partial charge in [0.1, 0.15) is 0 Å². The number of benzene rings is 1. The average molecular weight is 337 g/mol. The second-order valence-corrected chi connectivity index (χ2v) is 7.17. The molecular weight excluding hydrogens is 314 g/mol. The number of hydrogen-bond donors (Lipinski definition) is 1. The first kappa shape index (κ1) is 16.1. The third-order valence-corrected chi connectivity index (χ3v) is 5.73. The molecule has 2 fully saturated rings. The van der Waals surface area contributed by atoms with Crippen molar-refractivity contribution in [3.8, 4) is 0 Å². The van der Waals surface area contributed by atoms with E-state index in [4.69, 9.17) is 0 Å². The Kier molecular flexibility index (Phi) is 4.17. The van der Waals surface area contributed by atoms with Gasteiger partial charge in [0.15, 0.2) is 0 Å². The van der Waals surface area contributed by atoms with Crippen LogP contribution in [0.3, 0.4) is 0 Å². The Hall–Kier alpha value is -2.40. The first-order chi connectivity index (χ1) is 12.1. The molecule has 0 aliphatic carbocycles. The molecule has 2 saturated heterocycles. The maximum atomic E-state index is 12.8. The number of likely N-dealkylation sites (tertiary alicyclic amines) is 2. The summed E-state index contributed by atoms with van der Waals surface area (Å²) in [5.74, 6) is 0.923. The van der Waals surface area contributed by atoms with Crippen LogP contribution in [-0.4, -0.2) is 53.4 Å². The molecule has 1 aromatic carbocycles. The lowest BCUT2D eigenvalue weighted by atomic mass is 9.81. The highest BCUT2D eigenvalue weighted by Crippen LogP contribution is 2.40. The lowest BCUT2D eigenvalue weighted by Gasteiger charge is -2.38. The van der Waals surface area contributed by atoms with E-state index in [1.165, 1.54) is 17.8 Å². The van der Waals surface area contributed by atoms with E-state index >= 15 is 0 Å². The van der Waals surface area contributed by atoms with Crippen LogP contribution in [0.1, 0.15) is 28.3 Å². The molecule has 0 unspecified atom stereocenters. The molecular formula is C20H23N3O2. The third kappa shape index (κ3) is 3.00. The summed E-state index contributed by atoms with van der Waals surface area (Å²) in [4.78, 5) is 31.0. The number of carbonyl (C=O) groups is 1. The number of fused-ring (bicyclic) bond motifs is 1. The zero-order valence-corrected chi connectivity index (χ0v) is 14.4. The number of aromatic nitrogens is 1. The van der Waals surface area contributed by atoms with Gasteiger partial charge in [0.2, 0.25) is 5.56 Å². The van der Waals surface area contributed by atoms with E-state index in [0.29, 0.717) is 23.4 Å². The maximum Gasteiger partial charge on any atom is 0.255 e. The number of likely N-dealkylation sites (N-methyl/N-ethyl adjacent to an activating group) is 1. The molecule has 0 radical (unpaired) electrons. The van der Waals surface area contributed by atoms with Crippen molar-refractivity contribution < 1.29 is 4.79 Å². The van der Waals surface area contributed by atoms with Crippen LogP contribution in [0.15, 0.2) is 53.5 Å². The molecule has 3 atom stereocenters. The fraction of sp³-hybridized carbons (Fsp3) is 0.400. The SMILES string of the molecule is CN1C[C@H](c2ccccc2)[C@H]2CN(C(=O)c3ccc(=O)[nH]c3)CC[C@H]21. The fourth-order valence-electron chi connectivity index (χ4n) is 4.46. The van der Waals surface area contributed by atoms with Crippen molar-refractivity contribution in [3.05, 3.63) is 70.1 Å². The zero-order valence-electron chi connectivity index (χ0n) is 14.4. The Balaban J connectivity index is 1.56. The van der Waals surface area contributed by atoms with Crippen molar-refractivity contribution in [2.24, 2.45) is 5.92 Å². The standard InChI is InChI=1S/C20H23N3O2/c1-22-12-16(14-5-3-2-4-6-14)17-13-23(10-9-18(17)22)20(25)15-7-8-19(24)21-11-15/h2-8,11,16-18H,9-10,12-13H2,1H3,(H,21,24)/t16-,17-,18-/m1/s1. The number of pyridine rings is 1. The normalized spacial score (nSPS) is 26.4. The Labute approximate surface area is 147 Å². The Morgan fingerprint density at radius 1 is 1.12 bits per heavy atom. The molecule has 1 aromatic heterocycles. The molecule has 1 amide bonds. The molecule has 2 aliphatic rings. The highest BCUT2D eigenvalue weighted by atomic mass is 16.2. The highest BCUT2D eigenvalue weighted by molar-refractivity contribution is 5.94. The third-order valence-electron chi connectivity index (χ3n) is 5.73. The summed E-state index contributed by atoms with van der Waals surface area (Å²) < 4.78 is 0. The zero-order chi connectivity index (χ0) is 17.4. The first-order valence-corrected chi connectivity index (χ1v) is 8.86. The van der Waals surface area contributed by atoms with Crippen LogP contribution in [0.4, 0.5) is 0 Å². The van der Waals surface area contributed by atoms with Crippen LogP contribution in [0.2, 0.25) is 0 Å². The van der Waals surface area contributed by atoms with E-state index in [1.54, 1.807) is 6.07 Å². The number of amides is 1. The van der Waals surface area contributed by atoms with Crippen LogP contribution < -0.4 is 5.56 Å². The van der Waals surface area contributed by atoms with Gasteiger partial charge in [-0.25, -0.2) is 0 Å². The predicted octanol–water partition coefficient (Wildman–Crippen LogP) is 1.93. The molecule has 0 spiro atoms. The minimum atomic E-state index is -0.184. The molecule has 0 bridgehead atoms. The quantitative estimate of drug-likeness (QED) is 0.911. The Morgan fingerprint density at radius 3 is 2.64 bits per heavy atom. The number of piperidine rings is 1. The highest BCUT2D eigenvalue weighted by Gasteiger charge is 2.44. The number of rotatable bonds is 2. The van der Waals surface area contributed by atoms with Gasteiger partial charge in [-0.2, -0.15) is 0 Å². The van der Waals surface area contributed by atoms with Gasteiger partial charge in [-0.3, -0.25) is 9.59 Å². The summed E-state index contributed by atoms with van der Waals surface area (Å²) in [5, 5.41) is 0. The van der Waals surface area contributed by atoms with E-state index in [1.807, 2.05) is 11.0 Å². The largest absolute Gasteiger partial charge is 0.338 e. The topological polar surface area (TPSA) is 56.4 Å². The summed E-state index contributed by atoms with van der Waals surface area (Å²) >= 11 is 0. The van der Waals surface area contributed by atoms with E-state index in [-0.39, 0.29) is 11.5 Å². The monoisotopic (exact) mass is 337 g/mol. The number of carbonyl (C=O) groups excluding carboxylic acids is 1. The van der Waals surface area contributed by atoms with E-state index in [2.05, 4.69) is 41.2 Å². The van der Waals surface area contributed by atoms with Crippen LogP contribution >= 0.6 is 0 Å². The second kappa shape index (κ2) is 6.48. The van der Waals surface area contributed by atoms with Crippen LogP contribution in [0.5, 0.6) is 0 Å². The van der Waals surface area contributed by atoms with Gasteiger partial charge < -0.3 is 14.8 Å². The molecule has 25 heavy (non-hydrogen) atoms.